The number of rotatable bonds is 5. The van der Waals surface area contributed by atoms with Crippen LogP contribution in [0.5, 0.6) is 0 Å². The van der Waals surface area contributed by atoms with E-state index >= 15 is 0 Å². The van der Waals surface area contributed by atoms with E-state index in [0.717, 1.165) is 4.90 Å². The van der Waals surface area contributed by atoms with E-state index in [1.54, 1.807) is 24.3 Å². The van der Waals surface area contributed by atoms with Crippen molar-refractivity contribution in [2.24, 2.45) is 11.8 Å². The van der Waals surface area contributed by atoms with Gasteiger partial charge >= 0.3 is 5.97 Å². The second-order valence-corrected chi connectivity index (χ2v) is 6.70. The topological polar surface area (TPSA) is 117 Å². The Kier molecular flexibility index (Phi) is 5.54. The minimum absolute atomic E-state index is 0.277. The molecule has 0 bridgehead atoms. The maximum atomic E-state index is 12.4. The number of para-hydroxylation sites is 1. The van der Waals surface area contributed by atoms with Crippen molar-refractivity contribution >= 4 is 29.4 Å². The van der Waals surface area contributed by atoms with Crippen molar-refractivity contribution in [3.63, 3.8) is 0 Å². The van der Waals surface area contributed by atoms with Crippen LogP contribution in [0.1, 0.15) is 25.3 Å². The number of anilines is 1. The zero-order valence-electron chi connectivity index (χ0n) is 15.3. The monoisotopic (exact) mass is 381 g/mol. The van der Waals surface area contributed by atoms with Gasteiger partial charge in [0.25, 0.3) is 5.91 Å². The largest absolute Gasteiger partial charge is 0.451 e. The van der Waals surface area contributed by atoms with Crippen LogP contribution in [-0.2, 0) is 23.9 Å². The second kappa shape index (κ2) is 8.05. The average Bonchev–Trinajstić information content (AvgIpc) is 2.93. The molecule has 1 heterocycles. The van der Waals surface area contributed by atoms with Crippen LogP contribution in [0.2, 0.25) is 0 Å². The van der Waals surface area contributed by atoms with Crippen LogP contribution >= 0.6 is 0 Å². The lowest BCUT2D eigenvalue weighted by Gasteiger charge is -2.17. The number of hydrogen-bond donors (Lipinski definition) is 1. The zero-order chi connectivity index (χ0) is 20.3. The molecule has 1 fully saturated rings. The number of benzene rings is 1. The summed E-state index contributed by atoms with van der Waals surface area (Å²) in [7, 11) is 0. The molecule has 28 heavy (non-hydrogen) atoms. The first kappa shape index (κ1) is 19.3. The molecule has 1 aliphatic heterocycles. The Morgan fingerprint density at radius 1 is 1.21 bits per heavy atom. The standard InChI is InChI=1S/C20H19N3O5/c1-12(18(25)22-16-9-5-2-6-13(16)10-21)28-17(24)11-23-19(26)14-7-3-4-8-15(14)20(23)27/h2-6,9,12,14-15H,7-8,11H2,1H3,(H,22,25)/t12-,14-,15+/m1/s1. The molecular formula is C20H19N3O5. The minimum Gasteiger partial charge on any atom is -0.451 e. The van der Waals surface area contributed by atoms with Gasteiger partial charge in [-0.1, -0.05) is 24.3 Å². The normalized spacial score (nSPS) is 21.6. The van der Waals surface area contributed by atoms with E-state index < -0.39 is 36.4 Å². The predicted molar refractivity (Wildman–Crippen MR) is 97.4 cm³/mol. The minimum atomic E-state index is -1.16. The number of likely N-dealkylation sites (tertiary alicyclic amines) is 1. The lowest BCUT2D eigenvalue weighted by atomic mass is 9.85. The van der Waals surface area contributed by atoms with Gasteiger partial charge in [0.2, 0.25) is 11.8 Å². The third kappa shape index (κ3) is 3.78. The number of nitrogens with zero attached hydrogens (tertiary/aromatic N) is 2. The predicted octanol–water partition coefficient (Wildman–Crippen LogP) is 1.38. The molecule has 3 atom stereocenters. The molecule has 0 spiro atoms. The van der Waals surface area contributed by atoms with Gasteiger partial charge in [-0.2, -0.15) is 5.26 Å². The summed E-state index contributed by atoms with van der Waals surface area (Å²) in [5, 5.41) is 11.6. The smallest absolute Gasteiger partial charge is 0.326 e. The molecule has 2 aliphatic rings. The molecule has 1 saturated heterocycles. The third-order valence-corrected chi connectivity index (χ3v) is 4.87. The van der Waals surface area contributed by atoms with Crippen molar-refractivity contribution in [3.05, 3.63) is 42.0 Å². The summed E-state index contributed by atoms with van der Waals surface area (Å²) in [6.07, 6.45) is 3.53. The van der Waals surface area contributed by atoms with E-state index in [-0.39, 0.29) is 17.4 Å². The van der Waals surface area contributed by atoms with Crippen molar-refractivity contribution < 1.29 is 23.9 Å². The Hall–Kier alpha value is -3.47. The third-order valence-electron chi connectivity index (χ3n) is 4.87. The van der Waals surface area contributed by atoms with E-state index in [1.165, 1.54) is 6.92 Å². The summed E-state index contributed by atoms with van der Waals surface area (Å²) >= 11 is 0. The number of carbonyl (C=O) groups excluding carboxylic acids is 4. The quantitative estimate of drug-likeness (QED) is 0.468. The first-order valence-corrected chi connectivity index (χ1v) is 8.92. The van der Waals surface area contributed by atoms with Gasteiger partial charge in [-0.15, -0.1) is 0 Å². The number of esters is 1. The zero-order valence-corrected chi connectivity index (χ0v) is 15.3. The lowest BCUT2D eigenvalue weighted by molar-refractivity contribution is -0.158. The van der Waals surface area contributed by atoms with Crippen molar-refractivity contribution in [1.29, 1.82) is 5.26 Å². The summed E-state index contributed by atoms with van der Waals surface area (Å²) in [6.45, 7) is 0.858. The lowest BCUT2D eigenvalue weighted by Crippen LogP contribution is -2.39. The molecule has 3 amide bonds. The molecule has 3 rings (SSSR count). The van der Waals surface area contributed by atoms with Crippen LogP contribution in [0.25, 0.3) is 0 Å². The van der Waals surface area contributed by atoms with Gasteiger partial charge in [0, 0.05) is 0 Å². The van der Waals surface area contributed by atoms with E-state index in [4.69, 9.17) is 10.00 Å². The van der Waals surface area contributed by atoms with Crippen molar-refractivity contribution in [3.8, 4) is 6.07 Å². The molecule has 0 saturated carbocycles. The highest BCUT2D eigenvalue weighted by Crippen LogP contribution is 2.34. The van der Waals surface area contributed by atoms with Gasteiger partial charge in [0.1, 0.15) is 12.6 Å². The number of imide groups is 1. The molecule has 0 radical (unpaired) electrons. The molecule has 0 unspecified atom stereocenters. The van der Waals surface area contributed by atoms with Gasteiger partial charge in [0.05, 0.1) is 23.1 Å². The molecule has 1 N–H and O–H groups in total. The SMILES string of the molecule is C[C@@H](OC(=O)CN1C(=O)[C@H]2CC=CC[C@H]2C1=O)C(=O)Nc1ccccc1C#N. The van der Waals surface area contributed by atoms with Crippen molar-refractivity contribution in [2.75, 3.05) is 11.9 Å². The van der Waals surface area contributed by atoms with Gasteiger partial charge in [-0.3, -0.25) is 24.1 Å². The fourth-order valence-corrected chi connectivity index (χ4v) is 3.37. The number of allylic oxidation sites excluding steroid dienone is 2. The molecule has 1 aliphatic carbocycles. The summed E-state index contributed by atoms with van der Waals surface area (Å²) in [5.41, 5.74) is 0.582. The van der Waals surface area contributed by atoms with Crippen LogP contribution in [-0.4, -0.2) is 41.2 Å². The first-order chi connectivity index (χ1) is 13.4. The Bertz CT molecular complexity index is 875. The van der Waals surface area contributed by atoms with Crippen LogP contribution in [0, 0.1) is 23.2 Å². The maximum Gasteiger partial charge on any atom is 0.326 e. The summed E-state index contributed by atoms with van der Waals surface area (Å²) in [5.74, 6) is -3.06. The average molecular weight is 381 g/mol. The Morgan fingerprint density at radius 3 is 2.43 bits per heavy atom. The van der Waals surface area contributed by atoms with E-state index in [0.29, 0.717) is 18.5 Å². The molecule has 1 aromatic carbocycles. The van der Waals surface area contributed by atoms with E-state index in [9.17, 15) is 19.2 Å². The Balaban J connectivity index is 1.57. The molecule has 1 aromatic rings. The van der Waals surface area contributed by atoms with Gasteiger partial charge in [0.15, 0.2) is 6.10 Å². The van der Waals surface area contributed by atoms with E-state index in [2.05, 4.69) is 5.32 Å². The Morgan fingerprint density at radius 2 is 1.82 bits per heavy atom. The number of hydrogen-bond acceptors (Lipinski definition) is 6. The second-order valence-electron chi connectivity index (χ2n) is 6.70. The van der Waals surface area contributed by atoms with Gasteiger partial charge < -0.3 is 10.1 Å². The first-order valence-electron chi connectivity index (χ1n) is 8.92. The number of fused-ring (bicyclic) bond motifs is 1. The van der Waals surface area contributed by atoms with Gasteiger partial charge in [-0.05, 0) is 31.9 Å². The molecule has 144 valence electrons. The van der Waals surface area contributed by atoms with Crippen molar-refractivity contribution in [2.45, 2.75) is 25.9 Å². The highest BCUT2D eigenvalue weighted by Gasteiger charge is 2.47. The number of ether oxygens (including phenoxy) is 1. The summed E-state index contributed by atoms with van der Waals surface area (Å²) in [4.78, 5) is 50.1. The van der Waals surface area contributed by atoms with E-state index in [1.807, 2.05) is 18.2 Å². The molecular weight excluding hydrogens is 362 g/mol. The fraction of sp³-hybridized carbons (Fsp3) is 0.350. The highest BCUT2D eigenvalue weighted by atomic mass is 16.5. The highest BCUT2D eigenvalue weighted by molar-refractivity contribution is 6.07. The molecule has 8 heteroatoms. The molecule has 0 aromatic heterocycles. The van der Waals surface area contributed by atoms with Gasteiger partial charge in [-0.25, -0.2) is 0 Å². The van der Waals surface area contributed by atoms with Crippen LogP contribution in [0.3, 0.4) is 0 Å². The molecule has 8 nitrogen and oxygen atoms in total. The van der Waals surface area contributed by atoms with Crippen LogP contribution in [0.15, 0.2) is 36.4 Å². The number of nitrogens with one attached hydrogen (secondary N) is 1. The fourth-order valence-electron chi connectivity index (χ4n) is 3.37. The maximum absolute atomic E-state index is 12.4. The summed E-state index contributed by atoms with van der Waals surface area (Å²) in [6, 6.07) is 8.38. The van der Waals surface area contributed by atoms with Crippen molar-refractivity contribution in [1.82, 2.24) is 4.90 Å². The number of nitriles is 1. The van der Waals surface area contributed by atoms with Crippen LogP contribution in [0.4, 0.5) is 5.69 Å². The number of carbonyl (C=O) groups is 4. The number of amides is 3. The summed E-state index contributed by atoms with van der Waals surface area (Å²) < 4.78 is 5.07. The Labute approximate surface area is 161 Å². The van der Waals surface area contributed by atoms with Crippen LogP contribution < -0.4 is 5.32 Å².